The summed E-state index contributed by atoms with van der Waals surface area (Å²) in [6, 6.07) is 10.1. The zero-order chi connectivity index (χ0) is 17.4. The number of pyridine rings is 1. The van der Waals surface area contributed by atoms with E-state index in [0.717, 1.165) is 52.1 Å². The predicted octanol–water partition coefficient (Wildman–Crippen LogP) is 4.20. The van der Waals surface area contributed by atoms with Crippen molar-refractivity contribution in [1.29, 1.82) is 0 Å². The predicted molar refractivity (Wildman–Crippen MR) is 97.4 cm³/mol. The van der Waals surface area contributed by atoms with Crippen molar-refractivity contribution in [3.05, 3.63) is 65.7 Å². The van der Waals surface area contributed by atoms with Crippen LogP contribution in [0.4, 0.5) is 0 Å². The number of nitrogens with zero attached hydrogens (tertiary/aromatic N) is 2. The number of hydrogen-bond donors (Lipinski definition) is 0. The van der Waals surface area contributed by atoms with Gasteiger partial charge in [-0.25, -0.2) is 0 Å². The van der Waals surface area contributed by atoms with E-state index in [9.17, 15) is 4.79 Å². The van der Waals surface area contributed by atoms with Gasteiger partial charge in [-0.1, -0.05) is 18.2 Å². The maximum atomic E-state index is 11.9. The zero-order valence-electron chi connectivity index (χ0n) is 14.5. The number of rotatable bonds is 4. The maximum absolute atomic E-state index is 11.9. The van der Waals surface area contributed by atoms with Gasteiger partial charge in [-0.2, -0.15) is 0 Å². The van der Waals surface area contributed by atoms with Crippen molar-refractivity contribution in [3.8, 4) is 22.5 Å². The van der Waals surface area contributed by atoms with Gasteiger partial charge in [-0.15, -0.1) is 0 Å². The van der Waals surface area contributed by atoms with Crippen LogP contribution in [0.15, 0.2) is 53.4 Å². The van der Waals surface area contributed by atoms with Gasteiger partial charge < -0.3 is 9.32 Å². The lowest BCUT2D eigenvalue weighted by Gasteiger charge is -2.13. The number of fused-ring (bicyclic) bond motifs is 1. The van der Waals surface area contributed by atoms with Gasteiger partial charge in [0.25, 0.3) is 0 Å². The monoisotopic (exact) mass is 332 g/mol. The number of hydrogen-bond acceptors (Lipinski definition) is 4. The molecule has 2 heterocycles. The quantitative estimate of drug-likeness (QED) is 0.718. The first kappa shape index (κ1) is 15.8. The molecule has 0 saturated heterocycles. The zero-order valence-corrected chi connectivity index (χ0v) is 14.5. The third-order valence-corrected chi connectivity index (χ3v) is 4.64. The molecule has 0 unspecified atom stereocenters. The van der Waals surface area contributed by atoms with Gasteiger partial charge >= 0.3 is 0 Å². The normalized spacial score (nSPS) is 13.5. The molecule has 4 rings (SSSR count). The molecule has 0 atom stereocenters. The Kier molecular flexibility index (Phi) is 3.98. The second-order valence-electron chi connectivity index (χ2n) is 6.73. The van der Waals surface area contributed by atoms with Crippen LogP contribution in [-0.4, -0.2) is 29.8 Å². The molecule has 1 aliphatic carbocycles. The van der Waals surface area contributed by atoms with E-state index in [4.69, 9.17) is 4.42 Å². The van der Waals surface area contributed by atoms with Gasteiger partial charge in [-0.3, -0.25) is 9.78 Å². The molecule has 25 heavy (non-hydrogen) atoms. The molecule has 0 saturated carbocycles. The molecule has 0 fully saturated rings. The molecule has 0 radical (unpaired) electrons. The van der Waals surface area contributed by atoms with Crippen LogP contribution in [0.5, 0.6) is 0 Å². The van der Waals surface area contributed by atoms with Gasteiger partial charge in [0.15, 0.2) is 5.78 Å². The summed E-state index contributed by atoms with van der Waals surface area (Å²) in [6.07, 6.45) is 6.86. The van der Waals surface area contributed by atoms with E-state index >= 15 is 0 Å². The average Bonchev–Trinajstić information content (AvgIpc) is 3.22. The molecule has 0 N–H and O–H groups in total. The molecule has 1 aliphatic rings. The Morgan fingerprint density at radius 1 is 1.08 bits per heavy atom. The van der Waals surface area contributed by atoms with Gasteiger partial charge in [0.05, 0.1) is 6.26 Å². The lowest BCUT2D eigenvalue weighted by Crippen LogP contribution is -2.11. The number of aryl methyl sites for hydroxylation is 1. The largest absolute Gasteiger partial charge is 0.464 e. The van der Waals surface area contributed by atoms with Crippen molar-refractivity contribution in [2.45, 2.75) is 19.4 Å². The fourth-order valence-electron chi connectivity index (χ4n) is 3.48. The van der Waals surface area contributed by atoms with Crippen LogP contribution in [-0.2, 0) is 13.0 Å². The van der Waals surface area contributed by atoms with Crippen LogP contribution in [0.1, 0.15) is 27.9 Å². The Morgan fingerprint density at radius 3 is 2.80 bits per heavy atom. The van der Waals surface area contributed by atoms with E-state index in [1.807, 2.05) is 44.6 Å². The molecule has 0 amide bonds. The van der Waals surface area contributed by atoms with Crippen molar-refractivity contribution in [2.75, 3.05) is 14.1 Å². The SMILES string of the molecule is CN(C)Cc1cnccc1-c1occc1-c1ccc2c(c1)CCC2=O. The van der Waals surface area contributed by atoms with Gasteiger partial charge in [-0.05, 0) is 49.3 Å². The lowest BCUT2D eigenvalue weighted by molar-refractivity contribution is 0.0994. The number of carbonyl (C=O) groups is 1. The number of furan rings is 1. The van der Waals surface area contributed by atoms with Crippen LogP contribution < -0.4 is 0 Å². The highest BCUT2D eigenvalue weighted by molar-refractivity contribution is 6.01. The third kappa shape index (κ3) is 2.89. The highest BCUT2D eigenvalue weighted by Crippen LogP contribution is 2.37. The van der Waals surface area contributed by atoms with E-state index in [-0.39, 0.29) is 5.78 Å². The van der Waals surface area contributed by atoms with Crippen molar-refractivity contribution in [2.24, 2.45) is 0 Å². The number of aromatic nitrogens is 1. The van der Waals surface area contributed by atoms with E-state index in [2.05, 4.69) is 16.0 Å². The molecule has 2 aromatic heterocycles. The van der Waals surface area contributed by atoms with Gasteiger partial charge in [0.1, 0.15) is 5.76 Å². The molecular weight excluding hydrogens is 312 g/mol. The van der Waals surface area contributed by atoms with Gasteiger partial charge in [0.2, 0.25) is 0 Å². The summed E-state index contributed by atoms with van der Waals surface area (Å²) in [7, 11) is 4.08. The van der Waals surface area contributed by atoms with Crippen molar-refractivity contribution >= 4 is 5.78 Å². The first-order valence-electron chi connectivity index (χ1n) is 8.45. The Labute approximate surface area is 147 Å². The van der Waals surface area contributed by atoms with Crippen molar-refractivity contribution in [1.82, 2.24) is 9.88 Å². The summed E-state index contributed by atoms with van der Waals surface area (Å²) >= 11 is 0. The Hall–Kier alpha value is -2.72. The summed E-state index contributed by atoms with van der Waals surface area (Å²) in [5, 5.41) is 0. The molecule has 126 valence electrons. The summed E-state index contributed by atoms with van der Waals surface area (Å²) in [6.45, 7) is 0.794. The molecule has 1 aromatic carbocycles. The molecule has 4 heteroatoms. The van der Waals surface area contributed by atoms with Crippen LogP contribution in [0.3, 0.4) is 0 Å². The number of carbonyl (C=O) groups excluding carboxylic acids is 1. The number of Topliss-reactive ketones (excluding diaryl/α,β-unsaturated/α-hetero) is 1. The maximum Gasteiger partial charge on any atom is 0.163 e. The molecule has 0 bridgehead atoms. The molecular formula is C21H20N2O2. The Bertz CT molecular complexity index is 941. The summed E-state index contributed by atoms with van der Waals surface area (Å²) in [5.74, 6) is 1.10. The minimum Gasteiger partial charge on any atom is -0.464 e. The van der Waals surface area contributed by atoms with Crippen LogP contribution >= 0.6 is 0 Å². The summed E-state index contributed by atoms with van der Waals surface area (Å²) in [5.41, 5.74) is 6.32. The third-order valence-electron chi connectivity index (χ3n) is 4.64. The van der Waals surface area contributed by atoms with E-state index < -0.39 is 0 Å². The van der Waals surface area contributed by atoms with Crippen LogP contribution in [0.2, 0.25) is 0 Å². The first-order chi connectivity index (χ1) is 12.1. The second-order valence-corrected chi connectivity index (χ2v) is 6.73. The highest BCUT2D eigenvalue weighted by atomic mass is 16.3. The Morgan fingerprint density at radius 2 is 1.96 bits per heavy atom. The molecule has 0 aliphatic heterocycles. The van der Waals surface area contributed by atoms with Crippen molar-refractivity contribution < 1.29 is 9.21 Å². The van der Waals surface area contributed by atoms with Crippen LogP contribution in [0, 0.1) is 0 Å². The van der Waals surface area contributed by atoms with Crippen molar-refractivity contribution in [3.63, 3.8) is 0 Å². The van der Waals surface area contributed by atoms with E-state index in [1.165, 1.54) is 0 Å². The summed E-state index contributed by atoms with van der Waals surface area (Å²) in [4.78, 5) is 18.2. The van der Waals surface area contributed by atoms with E-state index in [1.54, 1.807) is 12.5 Å². The first-order valence-corrected chi connectivity index (χ1v) is 8.45. The van der Waals surface area contributed by atoms with E-state index in [0.29, 0.717) is 6.42 Å². The molecule has 0 spiro atoms. The minimum atomic E-state index is 0.247. The Balaban J connectivity index is 1.79. The standard InChI is InChI=1S/C21H20N2O2/c1-23(2)13-16-12-22-9-7-18(16)21-19(8-10-25-21)15-3-5-17-14(11-15)4-6-20(17)24/h3,5,7-12H,4,6,13H2,1-2H3. The topological polar surface area (TPSA) is 46.3 Å². The fourth-order valence-corrected chi connectivity index (χ4v) is 3.48. The molecule has 3 aromatic rings. The average molecular weight is 332 g/mol. The number of benzene rings is 1. The van der Waals surface area contributed by atoms with Crippen LogP contribution in [0.25, 0.3) is 22.5 Å². The number of ketones is 1. The minimum absolute atomic E-state index is 0.247. The highest BCUT2D eigenvalue weighted by Gasteiger charge is 2.21. The second kappa shape index (κ2) is 6.30. The smallest absolute Gasteiger partial charge is 0.163 e. The van der Waals surface area contributed by atoms with Gasteiger partial charge in [0, 0.05) is 42.0 Å². The molecule has 4 nitrogen and oxygen atoms in total. The fraction of sp³-hybridized carbons (Fsp3) is 0.238. The lowest BCUT2D eigenvalue weighted by atomic mass is 9.97. The summed E-state index contributed by atoms with van der Waals surface area (Å²) < 4.78 is 5.85.